The Hall–Kier alpha value is -1.78. The summed E-state index contributed by atoms with van der Waals surface area (Å²) in [6, 6.07) is 14.3. The highest BCUT2D eigenvalue weighted by atomic mass is 19.2. The first kappa shape index (κ1) is 15.6. The van der Waals surface area contributed by atoms with Crippen molar-refractivity contribution in [1.82, 2.24) is 4.90 Å². The summed E-state index contributed by atoms with van der Waals surface area (Å²) in [5, 5.41) is 0. The number of rotatable bonds is 7. The molecule has 0 spiro atoms. The molecule has 0 saturated heterocycles. The summed E-state index contributed by atoms with van der Waals surface area (Å²) in [6.45, 7) is 2.40. The third kappa shape index (κ3) is 4.62. The summed E-state index contributed by atoms with van der Waals surface area (Å²) >= 11 is 0. The maximum atomic E-state index is 13.8. The van der Waals surface area contributed by atoms with E-state index in [1.165, 1.54) is 6.07 Å². The fraction of sp³-hybridized carbons (Fsp3) is 0.294. The number of hydrogen-bond acceptors (Lipinski definition) is 2. The smallest absolute Gasteiger partial charge is 0.163 e. The fourth-order valence-electron chi connectivity index (χ4n) is 2.28. The van der Waals surface area contributed by atoms with Gasteiger partial charge in [-0.15, -0.1) is 0 Å². The summed E-state index contributed by atoms with van der Waals surface area (Å²) < 4.78 is 27.1. The molecule has 0 aliphatic carbocycles. The van der Waals surface area contributed by atoms with Gasteiger partial charge in [0.05, 0.1) is 0 Å². The van der Waals surface area contributed by atoms with E-state index < -0.39 is 11.6 Å². The Morgan fingerprint density at radius 1 is 0.905 bits per heavy atom. The van der Waals surface area contributed by atoms with E-state index in [1.54, 1.807) is 6.07 Å². The Bertz CT molecular complexity index is 558. The SMILES string of the molecule is NCCCN(Cc1ccccc1)Cc1cccc(F)c1F. The van der Waals surface area contributed by atoms with Crippen molar-refractivity contribution < 1.29 is 8.78 Å². The zero-order valence-corrected chi connectivity index (χ0v) is 11.9. The fourth-order valence-corrected chi connectivity index (χ4v) is 2.28. The first-order valence-electron chi connectivity index (χ1n) is 7.10. The van der Waals surface area contributed by atoms with Gasteiger partial charge in [0, 0.05) is 25.2 Å². The maximum Gasteiger partial charge on any atom is 0.163 e. The lowest BCUT2D eigenvalue weighted by molar-refractivity contribution is 0.250. The van der Waals surface area contributed by atoms with Crippen LogP contribution in [0.4, 0.5) is 8.78 Å². The van der Waals surface area contributed by atoms with Crippen molar-refractivity contribution in [3.05, 3.63) is 71.3 Å². The minimum atomic E-state index is -0.800. The van der Waals surface area contributed by atoms with E-state index in [4.69, 9.17) is 5.73 Å². The van der Waals surface area contributed by atoms with Crippen LogP contribution in [0.1, 0.15) is 17.5 Å². The van der Waals surface area contributed by atoms with Crippen molar-refractivity contribution in [1.29, 1.82) is 0 Å². The normalized spacial score (nSPS) is 11.0. The van der Waals surface area contributed by atoms with Gasteiger partial charge in [-0.1, -0.05) is 42.5 Å². The van der Waals surface area contributed by atoms with Crippen molar-refractivity contribution >= 4 is 0 Å². The topological polar surface area (TPSA) is 29.3 Å². The van der Waals surface area contributed by atoms with Gasteiger partial charge in [0.25, 0.3) is 0 Å². The van der Waals surface area contributed by atoms with Crippen molar-refractivity contribution in [3.63, 3.8) is 0 Å². The lowest BCUT2D eigenvalue weighted by Gasteiger charge is -2.22. The Kier molecular flexibility index (Phi) is 5.84. The van der Waals surface area contributed by atoms with Crippen molar-refractivity contribution in [3.8, 4) is 0 Å². The van der Waals surface area contributed by atoms with E-state index >= 15 is 0 Å². The molecule has 0 aliphatic rings. The van der Waals surface area contributed by atoms with Crippen LogP contribution in [0.2, 0.25) is 0 Å². The van der Waals surface area contributed by atoms with Gasteiger partial charge in [0.15, 0.2) is 11.6 Å². The first-order valence-corrected chi connectivity index (χ1v) is 7.10. The molecule has 2 nitrogen and oxygen atoms in total. The second-order valence-electron chi connectivity index (χ2n) is 5.05. The Morgan fingerprint density at radius 3 is 2.38 bits per heavy atom. The molecule has 4 heteroatoms. The number of hydrogen-bond donors (Lipinski definition) is 1. The Labute approximate surface area is 124 Å². The van der Waals surface area contributed by atoms with Gasteiger partial charge in [0.2, 0.25) is 0 Å². The summed E-state index contributed by atoms with van der Waals surface area (Å²) in [5.41, 5.74) is 7.08. The summed E-state index contributed by atoms with van der Waals surface area (Å²) in [6.07, 6.45) is 0.823. The average molecular weight is 290 g/mol. The van der Waals surface area contributed by atoms with Gasteiger partial charge < -0.3 is 5.73 Å². The lowest BCUT2D eigenvalue weighted by atomic mass is 10.1. The van der Waals surface area contributed by atoms with Crippen LogP contribution in [0, 0.1) is 11.6 Å². The highest BCUT2D eigenvalue weighted by Crippen LogP contribution is 2.15. The zero-order chi connectivity index (χ0) is 15.1. The maximum absolute atomic E-state index is 13.8. The lowest BCUT2D eigenvalue weighted by Crippen LogP contribution is -2.26. The van der Waals surface area contributed by atoms with E-state index in [9.17, 15) is 8.78 Å². The van der Waals surface area contributed by atoms with Crippen LogP contribution in [0.3, 0.4) is 0 Å². The molecule has 0 saturated carbocycles. The van der Waals surface area contributed by atoms with Crippen LogP contribution >= 0.6 is 0 Å². The molecule has 0 amide bonds. The first-order chi connectivity index (χ1) is 10.2. The number of benzene rings is 2. The second kappa shape index (κ2) is 7.86. The molecular formula is C17H20F2N2. The zero-order valence-electron chi connectivity index (χ0n) is 11.9. The van der Waals surface area contributed by atoms with E-state index in [0.717, 1.165) is 24.6 Å². The van der Waals surface area contributed by atoms with Gasteiger partial charge in [0.1, 0.15) is 0 Å². The van der Waals surface area contributed by atoms with Gasteiger partial charge in [-0.2, -0.15) is 0 Å². The molecule has 2 aromatic carbocycles. The molecule has 0 unspecified atom stereocenters. The Balaban J connectivity index is 2.10. The van der Waals surface area contributed by atoms with E-state index in [-0.39, 0.29) is 0 Å². The molecule has 0 radical (unpaired) electrons. The molecule has 0 atom stereocenters. The predicted octanol–water partition coefficient (Wildman–Crippen LogP) is 3.32. The molecule has 0 heterocycles. The van der Waals surface area contributed by atoms with E-state index in [0.29, 0.717) is 25.2 Å². The molecule has 0 fully saturated rings. The van der Waals surface area contributed by atoms with Gasteiger partial charge in [-0.05, 0) is 24.6 Å². The quantitative estimate of drug-likeness (QED) is 0.847. The third-order valence-corrected chi connectivity index (χ3v) is 3.35. The number of halogens is 2. The minimum Gasteiger partial charge on any atom is -0.330 e. The van der Waals surface area contributed by atoms with Crippen molar-refractivity contribution in [2.24, 2.45) is 5.73 Å². The molecule has 0 aromatic heterocycles. The number of nitrogens with two attached hydrogens (primary N) is 1. The van der Waals surface area contributed by atoms with Crippen LogP contribution in [0.5, 0.6) is 0 Å². The van der Waals surface area contributed by atoms with E-state index in [1.807, 2.05) is 30.3 Å². The molecule has 0 bridgehead atoms. The molecule has 2 aromatic rings. The van der Waals surface area contributed by atoms with Crippen LogP contribution in [0.25, 0.3) is 0 Å². The minimum absolute atomic E-state index is 0.373. The van der Waals surface area contributed by atoms with Crippen LogP contribution in [-0.2, 0) is 13.1 Å². The monoisotopic (exact) mass is 290 g/mol. The van der Waals surface area contributed by atoms with E-state index in [2.05, 4.69) is 4.90 Å². The summed E-state index contributed by atoms with van der Waals surface area (Å²) in [7, 11) is 0. The van der Waals surface area contributed by atoms with Crippen LogP contribution in [-0.4, -0.2) is 18.0 Å². The largest absolute Gasteiger partial charge is 0.330 e. The molecule has 0 aliphatic heterocycles. The summed E-state index contributed by atoms with van der Waals surface area (Å²) in [5.74, 6) is -1.56. The highest BCUT2D eigenvalue weighted by molar-refractivity contribution is 5.19. The van der Waals surface area contributed by atoms with Gasteiger partial charge in [-0.25, -0.2) is 8.78 Å². The second-order valence-corrected chi connectivity index (χ2v) is 5.05. The highest BCUT2D eigenvalue weighted by Gasteiger charge is 2.12. The standard InChI is InChI=1S/C17H20F2N2/c18-16-9-4-8-15(17(16)19)13-21(11-5-10-20)12-14-6-2-1-3-7-14/h1-4,6-9H,5,10-13,20H2. The van der Waals surface area contributed by atoms with Crippen molar-refractivity contribution in [2.75, 3.05) is 13.1 Å². The van der Waals surface area contributed by atoms with Crippen LogP contribution in [0.15, 0.2) is 48.5 Å². The predicted molar refractivity (Wildman–Crippen MR) is 80.6 cm³/mol. The van der Waals surface area contributed by atoms with Gasteiger partial charge in [-0.3, -0.25) is 4.90 Å². The number of nitrogens with zero attached hydrogens (tertiary/aromatic N) is 1. The van der Waals surface area contributed by atoms with Crippen LogP contribution < -0.4 is 5.73 Å². The molecule has 2 rings (SSSR count). The molecule has 2 N–H and O–H groups in total. The summed E-state index contributed by atoms with van der Waals surface area (Å²) in [4.78, 5) is 2.08. The third-order valence-electron chi connectivity index (χ3n) is 3.35. The molecule has 21 heavy (non-hydrogen) atoms. The molecule has 112 valence electrons. The van der Waals surface area contributed by atoms with Crippen molar-refractivity contribution in [2.45, 2.75) is 19.5 Å². The average Bonchev–Trinajstić information content (AvgIpc) is 2.50. The molecular weight excluding hydrogens is 270 g/mol. The Morgan fingerprint density at radius 2 is 1.67 bits per heavy atom. The van der Waals surface area contributed by atoms with Gasteiger partial charge >= 0.3 is 0 Å².